The van der Waals surface area contributed by atoms with E-state index in [1.54, 1.807) is 0 Å². The highest BCUT2D eigenvalue weighted by molar-refractivity contribution is 6.14. The first-order chi connectivity index (χ1) is 43.2. The Morgan fingerprint density at radius 1 is 0.264 bits per heavy atom. The number of nitrogens with zero attached hydrogens (tertiary/aromatic N) is 3. The van der Waals surface area contributed by atoms with Crippen molar-refractivity contribution in [3.05, 3.63) is 354 Å². The molecule has 1 unspecified atom stereocenters. The zero-order valence-corrected chi connectivity index (χ0v) is 47.3. The van der Waals surface area contributed by atoms with E-state index in [1.165, 1.54) is 144 Å². The van der Waals surface area contributed by atoms with Crippen LogP contribution in [0.5, 0.6) is 0 Å². The highest BCUT2D eigenvalue weighted by Gasteiger charge is 2.54. The number of rotatable bonds is 5. The van der Waals surface area contributed by atoms with Crippen LogP contribution in [0.3, 0.4) is 0 Å². The molecule has 87 heavy (non-hydrogen) atoms. The maximum absolute atomic E-state index is 2.58. The molecule has 0 bridgehead atoms. The molecule has 402 valence electrons. The molecule has 3 aliphatic carbocycles. The normalized spacial score (nSPS) is 15.0. The molecular formula is C84H51N3. The van der Waals surface area contributed by atoms with Crippen molar-refractivity contribution >= 4 is 71.4 Å². The topological polar surface area (TPSA) is 13.1 Å². The summed E-state index contributed by atoms with van der Waals surface area (Å²) in [7, 11) is 0. The lowest BCUT2D eigenvalue weighted by atomic mass is 9.65. The minimum Gasteiger partial charge on any atom is -0.310 e. The van der Waals surface area contributed by atoms with Gasteiger partial charge in [0.1, 0.15) is 0 Å². The highest BCUT2D eigenvalue weighted by atomic mass is 15.1. The van der Waals surface area contributed by atoms with Gasteiger partial charge in [-0.2, -0.15) is 0 Å². The predicted octanol–water partition coefficient (Wildman–Crippen LogP) is 21.2. The van der Waals surface area contributed by atoms with Crippen molar-refractivity contribution in [1.29, 1.82) is 0 Å². The number of hydrogen-bond acceptors (Lipinski definition) is 1. The molecular weight excluding hydrogens is 1050 g/mol. The first kappa shape index (κ1) is 47.1. The molecule has 0 radical (unpaired) electrons. The third kappa shape index (κ3) is 5.91. The van der Waals surface area contributed by atoms with E-state index >= 15 is 0 Å². The van der Waals surface area contributed by atoms with Gasteiger partial charge >= 0.3 is 0 Å². The van der Waals surface area contributed by atoms with E-state index in [-0.39, 0.29) is 0 Å². The van der Waals surface area contributed by atoms with Crippen LogP contribution in [0.25, 0.3) is 110 Å². The van der Waals surface area contributed by atoms with Crippen molar-refractivity contribution in [3.8, 4) is 55.9 Å². The Balaban J connectivity index is 0.832. The summed E-state index contributed by atoms with van der Waals surface area (Å²) >= 11 is 0. The van der Waals surface area contributed by atoms with E-state index in [4.69, 9.17) is 0 Å². The standard InChI is InChI=1S/C84H51N3/c1-2-20-58-54(19-1)43-50-72-80(58)66-49-48-57(51-74(66)83(72)67-28-9-3-21-59(67)60-22-4-10-29-68(60)83)85(55-44-39-52(40-45-55)53-41-46-56(47-42-53)86-75-34-13-6-23-61(75)62-24-7-14-35-76(62)86)79-38-18-32-71-81(79)65-26-5-11-30-69(65)84(71)70-31-12-16-37-78(70)87-77-36-15-8-25-63(77)64-27-17-33-73(84)82(64)87/h1-51H. The molecule has 0 N–H and O–H groups in total. The summed E-state index contributed by atoms with van der Waals surface area (Å²) in [5, 5.41) is 7.60. The van der Waals surface area contributed by atoms with E-state index in [9.17, 15) is 0 Å². The third-order valence-electron chi connectivity index (χ3n) is 20.3. The molecule has 3 heteroatoms. The van der Waals surface area contributed by atoms with Gasteiger partial charge in [-0.3, -0.25) is 0 Å². The molecule has 20 rings (SSSR count). The molecule has 3 nitrogen and oxygen atoms in total. The Bertz CT molecular complexity index is 5560. The lowest BCUT2D eigenvalue weighted by Crippen LogP contribution is -2.33. The van der Waals surface area contributed by atoms with Crippen molar-refractivity contribution in [3.63, 3.8) is 0 Å². The summed E-state index contributed by atoms with van der Waals surface area (Å²) in [6.45, 7) is 0. The van der Waals surface area contributed by atoms with Gasteiger partial charge in [0.05, 0.1) is 44.3 Å². The number of anilines is 3. The highest BCUT2D eigenvalue weighted by Crippen LogP contribution is 2.66. The zero-order chi connectivity index (χ0) is 56.7. The predicted molar refractivity (Wildman–Crippen MR) is 360 cm³/mol. The molecule has 0 saturated heterocycles. The second-order valence-corrected chi connectivity index (χ2v) is 24.1. The maximum Gasteiger partial charge on any atom is 0.0755 e. The molecule has 16 aromatic rings. The van der Waals surface area contributed by atoms with Gasteiger partial charge in [-0.1, -0.05) is 243 Å². The number of fused-ring (bicyclic) bond motifs is 27. The van der Waals surface area contributed by atoms with Crippen LogP contribution >= 0.6 is 0 Å². The lowest BCUT2D eigenvalue weighted by Gasteiger charge is -2.39. The van der Waals surface area contributed by atoms with E-state index in [1.807, 2.05) is 0 Å². The van der Waals surface area contributed by atoms with E-state index in [0.717, 1.165) is 28.3 Å². The van der Waals surface area contributed by atoms with Gasteiger partial charge in [0.15, 0.2) is 0 Å². The van der Waals surface area contributed by atoms with Gasteiger partial charge in [0, 0.05) is 44.2 Å². The monoisotopic (exact) mass is 1100 g/mol. The summed E-state index contributed by atoms with van der Waals surface area (Å²) in [5.41, 5.74) is 29.9. The fourth-order valence-electron chi connectivity index (χ4n) is 17.0. The van der Waals surface area contributed by atoms with Crippen LogP contribution in [-0.2, 0) is 10.8 Å². The molecule has 2 aromatic heterocycles. The van der Waals surface area contributed by atoms with E-state index in [2.05, 4.69) is 323 Å². The minimum absolute atomic E-state index is 0.558. The van der Waals surface area contributed by atoms with Gasteiger partial charge in [0.25, 0.3) is 0 Å². The second kappa shape index (κ2) is 17.2. The van der Waals surface area contributed by atoms with Crippen LogP contribution in [0.15, 0.2) is 309 Å². The van der Waals surface area contributed by atoms with E-state index < -0.39 is 10.8 Å². The molecule has 2 spiro atoms. The fourth-order valence-corrected chi connectivity index (χ4v) is 17.0. The summed E-state index contributed by atoms with van der Waals surface area (Å²) in [5.74, 6) is 0. The lowest BCUT2D eigenvalue weighted by molar-refractivity contribution is 0.748. The largest absolute Gasteiger partial charge is 0.310 e. The van der Waals surface area contributed by atoms with E-state index in [0.29, 0.717) is 0 Å². The summed E-state index contributed by atoms with van der Waals surface area (Å²) in [6, 6.07) is 117. The number of para-hydroxylation sites is 5. The van der Waals surface area contributed by atoms with Crippen molar-refractivity contribution < 1.29 is 0 Å². The van der Waals surface area contributed by atoms with Crippen LogP contribution in [0.4, 0.5) is 17.1 Å². The van der Waals surface area contributed by atoms with Gasteiger partial charge in [-0.25, -0.2) is 0 Å². The summed E-state index contributed by atoms with van der Waals surface area (Å²) < 4.78 is 4.93. The summed E-state index contributed by atoms with van der Waals surface area (Å²) in [4.78, 5) is 2.58. The first-order valence-electron chi connectivity index (χ1n) is 30.4. The van der Waals surface area contributed by atoms with Crippen LogP contribution in [0.1, 0.15) is 44.5 Å². The minimum atomic E-state index is -0.620. The Labute approximate surface area is 503 Å². The van der Waals surface area contributed by atoms with Gasteiger partial charge < -0.3 is 14.0 Å². The smallest absolute Gasteiger partial charge is 0.0755 e. The van der Waals surface area contributed by atoms with Crippen LogP contribution in [-0.4, -0.2) is 9.13 Å². The van der Waals surface area contributed by atoms with Crippen LogP contribution in [0.2, 0.25) is 0 Å². The average molecular weight is 1100 g/mol. The maximum atomic E-state index is 2.58. The Kier molecular flexibility index (Phi) is 9.32. The molecule has 3 heterocycles. The number of aromatic nitrogens is 2. The Morgan fingerprint density at radius 2 is 0.736 bits per heavy atom. The Hall–Kier alpha value is -11.3. The van der Waals surface area contributed by atoms with Gasteiger partial charge in [-0.05, 0) is 161 Å². The molecule has 14 aromatic carbocycles. The zero-order valence-electron chi connectivity index (χ0n) is 47.3. The molecule has 4 aliphatic rings. The number of hydrogen-bond donors (Lipinski definition) is 0. The van der Waals surface area contributed by atoms with Gasteiger partial charge in [0.2, 0.25) is 0 Å². The van der Waals surface area contributed by atoms with Gasteiger partial charge in [-0.15, -0.1) is 0 Å². The SMILES string of the molecule is c1ccc2c(c1)-c1ccccc1C21c2cc(N(c3ccc(-c4ccc(-n5c6ccccc6c6ccccc65)cc4)cc3)c3cccc4c3-c3ccccc3C43c4ccccc4-n4c5ccccc5c5cccc3c54)ccc2-c2c1ccc1ccccc21. The molecule has 0 amide bonds. The third-order valence-corrected chi connectivity index (χ3v) is 20.3. The van der Waals surface area contributed by atoms with Crippen molar-refractivity contribution in [2.45, 2.75) is 10.8 Å². The molecule has 1 aliphatic heterocycles. The first-order valence-corrected chi connectivity index (χ1v) is 30.4. The average Bonchev–Trinajstić information content (AvgIpc) is 1.54. The molecule has 0 fully saturated rings. The summed E-state index contributed by atoms with van der Waals surface area (Å²) in [6.07, 6.45) is 0. The van der Waals surface area contributed by atoms with Crippen LogP contribution < -0.4 is 4.90 Å². The van der Waals surface area contributed by atoms with Crippen molar-refractivity contribution in [1.82, 2.24) is 9.13 Å². The second-order valence-electron chi connectivity index (χ2n) is 24.1. The van der Waals surface area contributed by atoms with Crippen molar-refractivity contribution in [2.24, 2.45) is 0 Å². The fraction of sp³-hybridized carbons (Fsp3) is 0.0238. The number of benzene rings is 14. The molecule has 1 atom stereocenters. The van der Waals surface area contributed by atoms with Crippen LogP contribution in [0, 0.1) is 0 Å². The van der Waals surface area contributed by atoms with Crippen molar-refractivity contribution in [2.75, 3.05) is 4.90 Å². The quantitative estimate of drug-likeness (QED) is 0.167. The molecule has 0 saturated carbocycles. The Morgan fingerprint density at radius 3 is 1.44 bits per heavy atom.